The molecule has 0 saturated heterocycles. The van der Waals surface area contributed by atoms with Crippen LogP contribution in [0.1, 0.15) is 28.5 Å². The van der Waals surface area contributed by atoms with Gasteiger partial charge in [-0.05, 0) is 52.2 Å². The first-order chi connectivity index (χ1) is 15.4. The minimum atomic E-state index is -1.37. The zero-order valence-corrected chi connectivity index (χ0v) is 21.2. The first-order valence-electron chi connectivity index (χ1n) is 10.00. The summed E-state index contributed by atoms with van der Waals surface area (Å²) in [4.78, 5) is 17.9. The molecule has 1 N–H and O–H groups in total. The van der Waals surface area contributed by atoms with Crippen molar-refractivity contribution < 1.29 is 19.2 Å². The highest BCUT2D eigenvalue weighted by Gasteiger charge is 2.30. The molecule has 0 radical (unpaired) electrons. The number of hydrogen-bond donors (Lipinski definition) is 1. The molecule has 0 amide bonds. The van der Waals surface area contributed by atoms with Gasteiger partial charge in [-0.25, -0.2) is 9.78 Å². The minimum absolute atomic E-state index is 0. The van der Waals surface area contributed by atoms with Gasteiger partial charge in [0.1, 0.15) is 5.75 Å². The lowest BCUT2D eigenvalue weighted by atomic mass is 10.0. The number of aromatic nitrogens is 3. The van der Waals surface area contributed by atoms with Crippen LogP contribution in [0.15, 0.2) is 64.5 Å². The van der Waals surface area contributed by atoms with Crippen LogP contribution in [0.3, 0.4) is 0 Å². The highest BCUT2D eigenvalue weighted by Crippen LogP contribution is 2.40. The largest absolute Gasteiger partial charge is 0.611 e. The maximum Gasteiger partial charge on any atom is 0.340 e. The van der Waals surface area contributed by atoms with Crippen LogP contribution in [-0.2, 0) is 35.3 Å². The zero-order chi connectivity index (χ0) is 22.8. The number of halogens is 2. The summed E-state index contributed by atoms with van der Waals surface area (Å²) in [6, 6.07) is 10.9. The van der Waals surface area contributed by atoms with Crippen LogP contribution in [0.25, 0.3) is 10.9 Å². The number of phenolic OH excluding ortho intramolecular Hbond substituents is 1. The van der Waals surface area contributed by atoms with E-state index in [4.69, 9.17) is 4.74 Å². The fraction of sp³-hybridized carbons (Fsp3) is 0.217. The van der Waals surface area contributed by atoms with Crippen molar-refractivity contribution in [1.82, 2.24) is 14.1 Å². The average molecular weight is 553 g/mol. The van der Waals surface area contributed by atoms with Crippen molar-refractivity contribution in [3.63, 3.8) is 0 Å². The van der Waals surface area contributed by atoms with Crippen LogP contribution < -0.4 is 0 Å². The molecule has 33 heavy (non-hydrogen) atoms. The van der Waals surface area contributed by atoms with E-state index in [1.54, 1.807) is 43.8 Å². The van der Waals surface area contributed by atoms with Gasteiger partial charge in [-0.1, -0.05) is 18.2 Å². The molecule has 2 aromatic carbocycles. The number of fused-ring (bicyclic) bond motifs is 1. The molecular weight excluding hydrogens is 530 g/mol. The van der Waals surface area contributed by atoms with Gasteiger partial charge in [0.25, 0.3) is 0 Å². The van der Waals surface area contributed by atoms with Crippen LogP contribution in [0, 0.1) is 0 Å². The molecule has 174 valence electrons. The molecule has 4 aromatic rings. The number of carbonyl (C=O) groups is 1. The van der Waals surface area contributed by atoms with Gasteiger partial charge in [0.15, 0.2) is 10.6 Å². The van der Waals surface area contributed by atoms with E-state index in [-0.39, 0.29) is 30.5 Å². The Hall–Kier alpha value is -2.46. The van der Waals surface area contributed by atoms with Crippen molar-refractivity contribution in [3.05, 3.63) is 76.4 Å². The monoisotopic (exact) mass is 551 g/mol. The SMILES string of the molecule is CCOC(=O)c1c(C[S+]([O-])c2ccccc2)n(C)c2cc(Br)c(O)c(Cn3ccnc3)c12.Cl. The standard InChI is InChI=1S/C23H22BrN3O4S.ClH/c1-3-31-23(29)21-19(13-32(30)15-7-5-4-6-8-15)26(2)18-11-17(24)22(28)16(20(18)21)12-27-10-9-25-14-27;/h4-11,14,28H,3,12-13H2,1-2H3;1H. The van der Waals surface area contributed by atoms with Crippen molar-refractivity contribution >= 4 is 56.4 Å². The number of imidazole rings is 1. The number of nitrogens with zero attached hydrogens (tertiary/aromatic N) is 3. The second-order valence-electron chi connectivity index (χ2n) is 7.22. The summed E-state index contributed by atoms with van der Waals surface area (Å²) in [5.74, 6) is -0.337. The van der Waals surface area contributed by atoms with Gasteiger partial charge >= 0.3 is 5.97 Å². The molecule has 2 heterocycles. The zero-order valence-electron chi connectivity index (χ0n) is 18.0. The molecule has 0 aliphatic rings. The molecule has 10 heteroatoms. The molecule has 4 rings (SSSR count). The Bertz CT molecular complexity index is 1260. The number of carbonyl (C=O) groups excluding carboxylic acids is 1. The van der Waals surface area contributed by atoms with E-state index >= 15 is 0 Å². The van der Waals surface area contributed by atoms with Crippen molar-refractivity contribution in [3.8, 4) is 5.75 Å². The van der Waals surface area contributed by atoms with Crippen LogP contribution >= 0.6 is 28.3 Å². The third-order valence-electron chi connectivity index (χ3n) is 5.29. The Kier molecular flexibility index (Phi) is 8.12. The third-order valence-corrected chi connectivity index (χ3v) is 7.23. The number of aromatic hydroxyl groups is 1. The number of rotatable bonds is 7. The number of hydrogen-bond acceptors (Lipinski definition) is 5. The highest BCUT2D eigenvalue weighted by molar-refractivity contribution is 9.10. The van der Waals surface area contributed by atoms with E-state index < -0.39 is 17.1 Å². The average Bonchev–Trinajstić information content (AvgIpc) is 3.39. The summed E-state index contributed by atoms with van der Waals surface area (Å²) in [6.45, 7) is 2.25. The van der Waals surface area contributed by atoms with Gasteiger partial charge in [0.2, 0.25) is 0 Å². The van der Waals surface area contributed by atoms with E-state index in [1.165, 1.54) is 0 Å². The Balaban J connectivity index is 0.00000306. The first kappa shape index (κ1) is 25.2. The third kappa shape index (κ3) is 4.91. The quantitative estimate of drug-likeness (QED) is 0.263. The fourth-order valence-corrected chi connectivity index (χ4v) is 5.44. The van der Waals surface area contributed by atoms with Crippen LogP contribution in [0.2, 0.25) is 0 Å². The normalized spacial score (nSPS) is 11.9. The molecule has 1 atom stereocenters. The lowest BCUT2D eigenvalue weighted by molar-refractivity contribution is 0.0527. The summed E-state index contributed by atoms with van der Waals surface area (Å²) >= 11 is 2.06. The maximum atomic E-state index is 13.1. The van der Waals surface area contributed by atoms with Crippen molar-refractivity contribution in [2.45, 2.75) is 24.1 Å². The van der Waals surface area contributed by atoms with Crippen LogP contribution in [0.5, 0.6) is 5.75 Å². The number of esters is 1. The first-order valence-corrected chi connectivity index (χ1v) is 12.1. The van der Waals surface area contributed by atoms with E-state index in [2.05, 4.69) is 20.9 Å². The summed E-state index contributed by atoms with van der Waals surface area (Å²) < 4.78 is 22.7. The highest BCUT2D eigenvalue weighted by atomic mass is 79.9. The van der Waals surface area contributed by atoms with E-state index in [9.17, 15) is 14.5 Å². The summed E-state index contributed by atoms with van der Waals surface area (Å²) in [7, 11) is 1.83. The molecule has 1 unspecified atom stereocenters. The molecule has 0 saturated carbocycles. The molecule has 2 aromatic heterocycles. The number of benzene rings is 2. The second-order valence-corrected chi connectivity index (χ2v) is 9.52. The fourth-order valence-electron chi connectivity index (χ4n) is 3.77. The predicted molar refractivity (Wildman–Crippen MR) is 133 cm³/mol. The van der Waals surface area contributed by atoms with Gasteiger partial charge in [0, 0.05) is 30.4 Å². The van der Waals surface area contributed by atoms with Gasteiger partial charge < -0.3 is 23.5 Å². The lowest BCUT2D eigenvalue weighted by Crippen LogP contribution is -2.14. The topological polar surface area (TPSA) is 92.3 Å². The molecule has 0 aliphatic heterocycles. The molecule has 0 bridgehead atoms. The Morgan fingerprint density at radius 1 is 1.30 bits per heavy atom. The molecule has 0 fully saturated rings. The van der Waals surface area contributed by atoms with E-state index in [1.807, 2.05) is 34.4 Å². The van der Waals surface area contributed by atoms with Gasteiger partial charge in [0.05, 0.1) is 40.7 Å². The summed E-state index contributed by atoms with van der Waals surface area (Å²) in [6.07, 6.45) is 5.08. The number of phenols is 1. The van der Waals surface area contributed by atoms with E-state index in [0.717, 1.165) is 5.52 Å². The Morgan fingerprint density at radius 2 is 2.03 bits per heavy atom. The van der Waals surface area contributed by atoms with Gasteiger partial charge in [-0.3, -0.25) is 0 Å². The molecular formula is C23H23BrClN3O4S. The van der Waals surface area contributed by atoms with Crippen LogP contribution in [0.4, 0.5) is 0 Å². The molecule has 0 aliphatic carbocycles. The van der Waals surface area contributed by atoms with Gasteiger partial charge in [-0.15, -0.1) is 12.4 Å². The smallest absolute Gasteiger partial charge is 0.340 e. The Labute approximate surface area is 209 Å². The number of ether oxygens (including phenoxy) is 1. The van der Waals surface area contributed by atoms with Crippen molar-refractivity contribution in [2.24, 2.45) is 7.05 Å². The number of aryl methyl sites for hydroxylation is 1. The lowest BCUT2D eigenvalue weighted by Gasteiger charge is -2.13. The second kappa shape index (κ2) is 10.6. The minimum Gasteiger partial charge on any atom is -0.611 e. The van der Waals surface area contributed by atoms with Crippen LogP contribution in [-0.4, -0.2) is 36.4 Å². The molecule has 0 spiro atoms. The summed E-state index contributed by atoms with van der Waals surface area (Å²) in [5, 5.41) is 11.5. The maximum absolute atomic E-state index is 13.1. The summed E-state index contributed by atoms with van der Waals surface area (Å²) in [5.41, 5.74) is 2.20. The predicted octanol–water partition coefficient (Wildman–Crippen LogP) is 4.80. The molecule has 7 nitrogen and oxygen atoms in total. The van der Waals surface area contributed by atoms with Crippen molar-refractivity contribution in [1.29, 1.82) is 0 Å². The van der Waals surface area contributed by atoms with Gasteiger partial charge in [-0.2, -0.15) is 0 Å². The van der Waals surface area contributed by atoms with E-state index in [0.29, 0.717) is 38.1 Å². The van der Waals surface area contributed by atoms with Crippen molar-refractivity contribution in [2.75, 3.05) is 6.61 Å². The Morgan fingerprint density at radius 3 is 2.67 bits per heavy atom.